The molecule has 0 aliphatic rings. The average Bonchev–Trinajstić information content (AvgIpc) is 2.73. The van der Waals surface area contributed by atoms with Crippen LogP contribution >= 0.6 is 11.6 Å². The van der Waals surface area contributed by atoms with Gasteiger partial charge < -0.3 is 4.42 Å². The first kappa shape index (κ1) is 13.1. The highest BCUT2D eigenvalue weighted by molar-refractivity contribution is 7.89. The van der Waals surface area contributed by atoms with Gasteiger partial charge in [0.2, 0.25) is 10.0 Å². The lowest BCUT2D eigenvalue weighted by molar-refractivity contribution is 0.475. The zero-order valence-corrected chi connectivity index (χ0v) is 11.1. The van der Waals surface area contributed by atoms with Gasteiger partial charge in [-0.3, -0.25) is 0 Å². The van der Waals surface area contributed by atoms with Crippen molar-refractivity contribution in [2.45, 2.75) is 18.4 Å². The van der Waals surface area contributed by atoms with Gasteiger partial charge in [-0.25, -0.2) is 18.1 Å². The van der Waals surface area contributed by atoms with Crippen molar-refractivity contribution in [3.8, 4) is 0 Å². The Morgan fingerprint density at radius 1 is 1.39 bits per heavy atom. The summed E-state index contributed by atoms with van der Waals surface area (Å²) < 4.78 is 31.5. The largest absolute Gasteiger partial charge is 0.465 e. The first-order valence-electron chi connectivity index (χ1n) is 5.14. The number of halogens is 1. The molecule has 96 valence electrons. The van der Waals surface area contributed by atoms with Crippen LogP contribution in [-0.2, 0) is 16.6 Å². The third-order valence-electron chi connectivity index (χ3n) is 2.24. The Balaban J connectivity index is 2.13. The fourth-order valence-electron chi connectivity index (χ4n) is 1.38. The molecule has 2 aromatic heterocycles. The summed E-state index contributed by atoms with van der Waals surface area (Å²) in [6.07, 6.45) is 1.34. The molecule has 0 saturated carbocycles. The topological polar surface area (TPSA) is 72.2 Å². The second-order valence-corrected chi connectivity index (χ2v) is 5.81. The van der Waals surface area contributed by atoms with Crippen LogP contribution in [0.5, 0.6) is 0 Å². The molecule has 0 saturated heterocycles. The van der Waals surface area contributed by atoms with E-state index in [2.05, 4.69) is 9.71 Å². The zero-order valence-electron chi connectivity index (χ0n) is 9.55. The minimum Gasteiger partial charge on any atom is -0.465 e. The van der Waals surface area contributed by atoms with Crippen LogP contribution in [-0.4, -0.2) is 13.4 Å². The Hall–Kier alpha value is -1.37. The summed E-state index contributed by atoms with van der Waals surface area (Å²) in [6, 6.07) is 6.16. The number of nitrogens with zero attached hydrogens (tertiary/aromatic N) is 1. The predicted molar refractivity (Wildman–Crippen MR) is 66.7 cm³/mol. The van der Waals surface area contributed by atoms with Crippen LogP contribution in [0.1, 0.15) is 11.5 Å². The number of hydrogen-bond acceptors (Lipinski definition) is 4. The van der Waals surface area contributed by atoms with E-state index in [0.29, 0.717) is 5.76 Å². The minimum atomic E-state index is -3.61. The summed E-state index contributed by atoms with van der Waals surface area (Å²) in [4.78, 5) is 3.80. The normalized spacial score (nSPS) is 11.7. The molecule has 2 heterocycles. The van der Waals surface area contributed by atoms with Crippen molar-refractivity contribution in [2.24, 2.45) is 0 Å². The van der Waals surface area contributed by atoms with Crippen LogP contribution < -0.4 is 4.72 Å². The predicted octanol–water partition coefficient (Wildman–Crippen LogP) is 2.11. The lowest BCUT2D eigenvalue weighted by Crippen LogP contribution is -2.23. The Morgan fingerprint density at radius 3 is 2.78 bits per heavy atom. The van der Waals surface area contributed by atoms with E-state index in [-0.39, 0.29) is 16.6 Å². The lowest BCUT2D eigenvalue weighted by atomic mass is 10.4. The smallest absolute Gasteiger partial charge is 0.241 e. The van der Waals surface area contributed by atoms with Crippen LogP contribution in [0.2, 0.25) is 5.15 Å². The molecule has 0 radical (unpaired) electrons. The monoisotopic (exact) mass is 286 g/mol. The number of aromatic nitrogens is 1. The Morgan fingerprint density at radius 2 is 2.17 bits per heavy atom. The minimum absolute atomic E-state index is 0.0748. The van der Waals surface area contributed by atoms with Gasteiger partial charge in [0.05, 0.1) is 11.4 Å². The number of rotatable bonds is 4. The Labute approximate surface area is 110 Å². The molecule has 0 unspecified atom stereocenters. The standard InChI is InChI=1S/C11H11ClN2O3S/c1-8-2-3-9(17-8)7-14-18(15,16)10-4-5-13-11(12)6-10/h2-6,14H,7H2,1H3. The Bertz CT molecular complexity index is 652. The molecule has 18 heavy (non-hydrogen) atoms. The van der Waals surface area contributed by atoms with E-state index in [4.69, 9.17) is 16.0 Å². The lowest BCUT2D eigenvalue weighted by Gasteiger charge is -2.05. The van der Waals surface area contributed by atoms with Gasteiger partial charge in [0, 0.05) is 6.20 Å². The quantitative estimate of drug-likeness (QED) is 0.874. The van der Waals surface area contributed by atoms with Crippen molar-refractivity contribution in [3.63, 3.8) is 0 Å². The second-order valence-electron chi connectivity index (χ2n) is 3.65. The summed E-state index contributed by atoms with van der Waals surface area (Å²) in [5.41, 5.74) is 0. The third kappa shape index (κ3) is 3.10. The molecule has 0 aliphatic carbocycles. The maximum atomic E-state index is 11.9. The van der Waals surface area contributed by atoms with E-state index >= 15 is 0 Å². The summed E-state index contributed by atoms with van der Waals surface area (Å²) in [5, 5.41) is 0.131. The van der Waals surface area contributed by atoms with Crippen LogP contribution in [0.4, 0.5) is 0 Å². The van der Waals surface area contributed by atoms with Gasteiger partial charge in [-0.05, 0) is 31.2 Å². The molecule has 7 heteroatoms. The number of sulfonamides is 1. The van der Waals surface area contributed by atoms with E-state index < -0.39 is 10.0 Å². The highest BCUT2D eigenvalue weighted by Crippen LogP contribution is 2.13. The fourth-order valence-corrected chi connectivity index (χ4v) is 2.63. The first-order valence-corrected chi connectivity index (χ1v) is 7.00. The van der Waals surface area contributed by atoms with Gasteiger partial charge in [0.15, 0.2) is 0 Å². The molecule has 2 rings (SSSR count). The van der Waals surface area contributed by atoms with Crippen molar-refractivity contribution in [1.82, 2.24) is 9.71 Å². The SMILES string of the molecule is Cc1ccc(CNS(=O)(=O)c2ccnc(Cl)c2)o1. The van der Waals surface area contributed by atoms with Crippen molar-refractivity contribution in [1.29, 1.82) is 0 Å². The molecule has 5 nitrogen and oxygen atoms in total. The second kappa shape index (κ2) is 5.09. The molecular formula is C11H11ClN2O3S. The van der Waals surface area contributed by atoms with E-state index in [1.165, 1.54) is 18.3 Å². The number of nitrogens with one attached hydrogen (secondary N) is 1. The number of furan rings is 1. The summed E-state index contributed by atoms with van der Waals surface area (Å²) in [5.74, 6) is 1.28. The van der Waals surface area contributed by atoms with Crippen LogP contribution in [0.15, 0.2) is 39.8 Å². The maximum Gasteiger partial charge on any atom is 0.241 e. The first-order chi connectivity index (χ1) is 8.47. The van der Waals surface area contributed by atoms with Crippen LogP contribution in [0, 0.1) is 6.92 Å². The molecule has 1 N–H and O–H groups in total. The molecule has 2 aromatic rings. The molecule has 0 bridgehead atoms. The molecule has 0 spiro atoms. The van der Waals surface area contributed by atoms with Crippen LogP contribution in [0.3, 0.4) is 0 Å². The Kier molecular flexibility index (Phi) is 3.70. The van der Waals surface area contributed by atoms with Gasteiger partial charge >= 0.3 is 0 Å². The van der Waals surface area contributed by atoms with E-state index in [1.54, 1.807) is 19.1 Å². The van der Waals surface area contributed by atoms with E-state index in [1.807, 2.05) is 0 Å². The van der Waals surface area contributed by atoms with E-state index in [0.717, 1.165) is 5.76 Å². The van der Waals surface area contributed by atoms with Gasteiger partial charge in [0.25, 0.3) is 0 Å². The van der Waals surface area contributed by atoms with Gasteiger partial charge in [-0.1, -0.05) is 11.6 Å². The van der Waals surface area contributed by atoms with Crippen molar-refractivity contribution >= 4 is 21.6 Å². The maximum absolute atomic E-state index is 11.9. The molecular weight excluding hydrogens is 276 g/mol. The summed E-state index contributed by atoms with van der Waals surface area (Å²) in [6.45, 7) is 1.89. The van der Waals surface area contributed by atoms with Gasteiger partial charge in [-0.2, -0.15) is 0 Å². The number of aryl methyl sites for hydroxylation is 1. The average molecular weight is 287 g/mol. The highest BCUT2D eigenvalue weighted by Gasteiger charge is 2.15. The molecule has 0 aliphatic heterocycles. The molecule has 0 atom stereocenters. The van der Waals surface area contributed by atoms with Crippen LogP contribution in [0.25, 0.3) is 0 Å². The zero-order chi connectivity index (χ0) is 13.2. The molecule has 0 amide bonds. The van der Waals surface area contributed by atoms with Crippen molar-refractivity contribution in [2.75, 3.05) is 0 Å². The number of hydrogen-bond donors (Lipinski definition) is 1. The summed E-state index contributed by atoms with van der Waals surface area (Å²) in [7, 11) is -3.61. The van der Waals surface area contributed by atoms with Crippen molar-refractivity contribution in [3.05, 3.63) is 47.1 Å². The van der Waals surface area contributed by atoms with Crippen molar-refractivity contribution < 1.29 is 12.8 Å². The van der Waals surface area contributed by atoms with Gasteiger partial charge in [-0.15, -0.1) is 0 Å². The fraction of sp³-hybridized carbons (Fsp3) is 0.182. The number of pyridine rings is 1. The summed E-state index contributed by atoms with van der Waals surface area (Å²) >= 11 is 5.65. The van der Waals surface area contributed by atoms with E-state index in [9.17, 15) is 8.42 Å². The van der Waals surface area contributed by atoms with Gasteiger partial charge in [0.1, 0.15) is 16.7 Å². The molecule has 0 fully saturated rings. The highest BCUT2D eigenvalue weighted by atomic mass is 35.5. The molecule has 0 aromatic carbocycles. The third-order valence-corrected chi connectivity index (χ3v) is 3.85.